The van der Waals surface area contributed by atoms with Gasteiger partial charge in [-0.25, -0.2) is 4.57 Å². The van der Waals surface area contributed by atoms with E-state index in [0.29, 0.717) is 17.4 Å². The van der Waals surface area contributed by atoms with Crippen LogP contribution in [0, 0.1) is 0 Å². The van der Waals surface area contributed by atoms with Gasteiger partial charge in [0.25, 0.3) is 0 Å². The number of esters is 2. The minimum Gasteiger partial charge on any atom is -0.462 e. The van der Waals surface area contributed by atoms with Crippen LogP contribution in [0.15, 0.2) is 0 Å². The van der Waals surface area contributed by atoms with Crippen LogP contribution in [0.3, 0.4) is 0 Å². The quantitative estimate of drug-likeness (QED) is 0.0279. The molecule has 0 amide bonds. The molecule has 1 N–H and O–H groups in total. The fourth-order valence-electron chi connectivity index (χ4n) is 7.43. The third-order valence-corrected chi connectivity index (χ3v) is 12.4. The van der Waals surface area contributed by atoms with Gasteiger partial charge in [0, 0.05) is 12.8 Å². The van der Waals surface area contributed by atoms with Gasteiger partial charge in [-0.2, -0.15) is 0 Å². The zero-order valence-electron chi connectivity index (χ0n) is 39.8. The van der Waals surface area contributed by atoms with Gasteiger partial charge < -0.3 is 18.9 Å². The van der Waals surface area contributed by atoms with Crippen LogP contribution in [0.5, 0.6) is 0 Å². The number of ether oxygens (including phenoxy) is 2. The Morgan fingerprint density at radius 1 is 0.458 bits per heavy atom. The van der Waals surface area contributed by atoms with E-state index in [-0.39, 0.29) is 25.6 Å². The highest BCUT2D eigenvalue weighted by Gasteiger charge is 2.27. The lowest BCUT2D eigenvalue weighted by Gasteiger charge is -2.24. The smallest absolute Gasteiger partial charge is 0.462 e. The van der Waals surface area contributed by atoms with Crippen molar-refractivity contribution >= 4 is 19.8 Å². The van der Waals surface area contributed by atoms with Crippen LogP contribution in [-0.2, 0) is 32.7 Å². The number of likely N-dealkylation sites (N-methyl/N-ethyl adjacent to an activating group) is 1. The number of phosphoric acid groups is 1. The fraction of sp³-hybridized carbons (Fsp3) is 0.959. The molecule has 2 atom stereocenters. The number of rotatable bonds is 47. The topological polar surface area (TPSA) is 108 Å². The molecule has 9 nitrogen and oxygen atoms in total. The van der Waals surface area contributed by atoms with Crippen molar-refractivity contribution in [3.8, 4) is 0 Å². The highest BCUT2D eigenvalue weighted by Crippen LogP contribution is 2.43. The number of hydrogen-bond donors (Lipinski definition) is 1. The molecule has 0 heterocycles. The Bertz CT molecular complexity index is 974. The van der Waals surface area contributed by atoms with Crippen molar-refractivity contribution in [2.45, 2.75) is 258 Å². The summed E-state index contributed by atoms with van der Waals surface area (Å²) in [4.78, 5) is 35.4. The van der Waals surface area contributed by atoms with Crippen molar-refractivity contribution in [2.24, 2.45) is 0 Å². The largest absolute Gasteiger partial charge is 0.472 e. The zero-order chi connectivity index (χ0) is 43.6. The number of carbonyl (C=O) groups is 2. The minimum atomic E-state index is -4.37. The number of carbonyl (C=O) groups excluding carboxylic acids is 2. The van der Waals surface area contributed by atoms with Gasteiger partial charge >= 0.3 is 19.8 Å². The lowest BCUT2D eigenvalue weighted by Crippen LogP contribution is -2.37. The van der Waals surface area contributed by atoms with Crippen LogP contribution in [0.4, 0.5) is 0 Å². The summed E-state index contributed by atoms with van der Waals surface area (Å²) >= 11 is 0. The van der Waals surface area contributed by atoms with Gasteiger partial charge in [0.15, 0.2) is 6.10 Å². The minimum absolute atomic E-state index is 0.0369. The van der Waals surface area contributed by atoms with Crippen molar-refractivity contribution in [3.63, 3.8) is 0 Å². The summed E-state index contributed by atoms with van der Waals surface area (Å²) < 4.78 is 34.4. The van der Waals surface area contributed by atoms with Gasteiger partial charge in [0.1, 0.15) is 19.8 Å². The molecule has 352 valence electrons. The van der Waals surface area contributed by atoms with Crippen LogP contribution >= 0.6 is 7.82 Å². The molecule has 0 aliphatic heterocycles. The molecule has 0 aliphatic carbocycles. The zero-order valence-corrected chi connectivity index (χ0v) is 40.7. The average Bonchev–Trinajstić information content (AvgIpc) is 3.19. The monoisotopic (exact) mass is 861 g/mol. The van der Waals surface area contributed by atoms with Crippen molar-refractivity contribution in [2.75, 3.05) is 47.5 Å². The molecular weight excluding hydrogens is 762 g/mol. The lowest BCUT2D eigenvalue weighted by molar-refractivity contribution is -0.870. The Morgan fingerprint density at radius 2 is 0.763 bits per heavy atom. The maximum Gasteiger partial charge on any atom is 0.472 e. The molecule has 0 aromatic carbocycles. The summed E-state index contributed by atoms with van der Waals surface area (Å²) in [6.45, 7) is 4.47. The van der Waals surface area contributed by atoms with E-state index in [2.05, 4.69) is 13.8 Å². The van der Waals surface area contributed by atoms with Gasteiger partial charge in [-0.3, -0.25) is 18.6 Å². The molecular formula is C49H99NO8P+. The Labute approximate surface area is 365 Å². The number of unbranched alkanes of at least 4 members (excludes halogenated alkanes) is 33. The van der Waals surface area contributed by atoms with E-state index in [1.807, 2.05) is 21.1 Å². The first-order chi connectivity index (χ1) is 28.5. The third-order valence-electron chi connectivity index (χ3n) is 11.4. The predicted octanol–water partition coefficient (Wildman–Crippen LogP) is 14.8. The highest BCUT2D eigenvalue weighted by atomic mass is 31.2. The summed E-state index contributed by atoms with van der Waals surface area (Å²) in [5.41, 5.74) is 0. The maximum atomic E-state index is 12.7. The molecule has 0 spiro atoms. The summed E-state index contributed by atoms with van der Waals surface area (Å²) in [5.74, 6) is -0.782. The Hall–Kier alpha value is -0.990. The SMILES string of the molecule is CCCCCCCCCCCCCCCCCCCCCCCCCCC(=O)OC(COC(=O)CCCCCCCCCCCCC)COP(=O)(O)OCC[N+](C)(C)C. The van der Waals surface area contributed by atoms with Crippen molar-refractivity contribution in [1.29, 1.82) is 0 Å². The summed E-state index contributed by atoms with van der Waals surface area (Å²) in [6, 6.07) is 0. The number of hydrogen-bond acceptors (Lipinski definition) is 7. The van der Waals surface area contributed by atoms with Gasteiger partial charge in [0.05, 0.1) is 27.7 Å². The molecule has 0 radical (unpaired) electrons. The van der Waals surface area contributed by atoms with Crippen molar-refractivity contribution in [3.05, 3.63) is 0 Å². The van der Waals surface area contributed by atoms with Crippen LogP contribution in [0.2, 0.25) is 0 Å². The molecule has 0 fully saturated rings. The second-order valence-corrected chi connectivity index (χ2v) is 20.0. The Morgan fingerprint density at radius 3 is 1.08 bits per heavy atom. The average molecular weight is 861 g/mol. The van der Waals surface area contributed by atoms with E-state index in [1.54, 1.807) is 0 Å². The van der Waals surface area contributed by atoms with E-state index >= 15 is 0 Å². The second kappa shape index (κ2) is 42.3. The van der Waals surface area contributed by atoms with Gasteiger partial charge in [0.2, 0.25) is 0 Å². The molecule has 0 aromatic heterocycles. The first-order valence-electron chi connectivity index (χ1n) is 25.3. The van der Waals surface area contributed by atoms with Crippen LogP contribution in [-0.4, -0.2) is 74.9 Å². The summed E-state index contributed by atoms with van der Waals surface area (Å²) in [6.07, 6.45) is 44.5. The molecule has 2 unspecified atom stereocenters. The number of quaternary nitrogens is 1. The standard InChI is InChI=1S/C49H98NO8P/c1-6-8-10-12-14-16-18-19-20-21-22-23-24-25-26-27-28-29-30-32-34-36-38-40-42-49(52)58-47(46-57-59(53,54)56-44-43-50(3,4)5)45-55-48(51)41-39-37-35-33-31-17-15-13-11-9-7-2/h47H,6-46H2,1-5H3/p+1. The van der Waals surface area contributed by atoms with Crippen LogP contribution in [0.25, 0.3) is 0 Å². The summed E-state index contributed by atoms with van der Waals surface area (Å²) in [7, 11) is 1.50. The molecule has 59 heavy (non-hydrogen) atoms. The van der Waals surface area contributed by atoms with Crippen molar-refractivity contribution < 1.29 is 42.1 Å². The fourth-order valence-corrected chi connectivity index (χ4v) is 8.17. The van der Waals surface area contributed by atoms with Gasteiger partial charge in [-0.1, -0.05) is 226 Å². The lowest BCUT2D eigenvalue weighted by atomic mass is 10.0. The maximum absolute atomic E-state index is 12.7. The molecule has 0 saturated heterocycles. The van der Waals surface area contributed by atoms with Gasteiger partial charge in [-0.05, 0) is 12.8 Å². The number of phosphoric ester groups is 1. The normalized spacial score (nSPS) is 13.4. The van der Waals surface area contributed by atoms with E-state index in [1.165, 1.54) is 186 Å². The number of nitrogens with zero attached hydrogens (tertiary/aromatic N) is 1. The first-order valence-corrected chi connectivity index (χ1v) is 26.8. The molecule has 0 aromatic rings. The van der Waals surface area contributed by atoms with Crippen LogP contribution in [0.1, 0.15) is 251 Å². The summed E-state index contributed by atoms with van der Waals surface area (Å²) in [5, 5.41) is 0. The third kappa shape index (κ3) is 46.3. The van der Waals surface area contributed by atoms with E-state index in [0.717, 1.165) is 38.5 Å². The molecule has 0 bridgehead atoms. The highest BCUT2D eigenvalue weighted by molar-refractivity contribution is 7.47. The molecule has 10 heteroatoms. The van der Waals surface area contributed by atoms with E-state index < -0.39 is 26.5 Å². The molecule has 0 rings (SSSR count). The first kappa shape index (κ1) is 58.0. The Balaban J connectivity index is 4.11. The Kier molecular flexibility index (Phi) is 41.6. The van der Waals surface area contributed by atoms with Gasteiger partial charge in [-0.15, -0.1) is 0 Å². The van der Waals surface area contributed by atoms with E-state index in [9.17, 15) is 19.0 Å². The molecule has 0 saturated carbocycles. The van der Waals surface area contributed by atoms with E-state index in [4.69, 9.17) is 18.5 Å². The van der Waals surface area contributed by atoms with Crippen molar-refractivity contribution in [1.82, 2.24) is 0 Å². The molecule has 0 aliphatic rings. The van der Waals surface area contributed by atoms with Crippen LogP contribution < -0.4 is 0 Å². The predicted molar refractivity (Wildman–Crippen MR) is 248 cm³/mol. The second-order valence-electron chi connectivity index (χ2n) is 18.6.